The molecule has 6 heteroatoms. The van der Waals surface area contributed by atoms with E-state index in [0.717, 1.165) is 15.6 Å². The van der Waals surface area contributed by atoms with Gasteiger partial charge in [0.2, 0.25) is 0 Å². The highest BCUT2D eigenvalue weighted by molar-refractivity contribution is 7.99. The Balaban J connectivity index is 1.70. The lowest BCUT2D eigenvalue weighted by Gasteiger charge is -2.10. The highest BCUT2D eigenvalue weighted by Gasteiger charge is 2.36. The molecule has 1 heterocycles. The van der Waals surface area contributed by atoms with Crippen molar-refractivity contribution in [2.75, 3.05) is 5.73 Å². The molecule has 0 unspecified atom stereocenters. The van der Waals surface area contributed by atoms with E-state index >= 15 is 0 Å². The molecular weight excluding hydrogens is 304 g/mol. The smallest absolute Gasteiger partial charge is 0.196 e. The summed E-state index contributed by atoms with van der Waals surface area (Å²) in [4.78, 5) is 1.10. The number of hydrogen-bond donors (Lipinski definition) is 1. The summed E-state index contributed by atoms with van der Waals surface area (Å²) in [6.07, 6.45) is 4.99. The third-order valence-corrected chi connectivity index (χ3v) is 5.49. The number of anilines is 1. The Morgan fingerprint density at radius 3 is 2.67 bits per heavy atom. The Morgan fingerprint density at radius 1 is 1.24 bits per heavy atom. The van der Waals surface area contributed by atoms with Gasteiger partial charge in [-0.25, -0.2) is 0 Å². The number of benzene rings is 1. The topological polar surface area (TPSA) is 56.7 Å². The summed E-state index contributed by atoms with van der Waals surface area (Å²) in [6, 6.07) is 4.45. The van der Waals surface area contributed by atoms with Gasteiger partial charge in [0.15, 0.2) is 5.16 Å². The van der Waals surface area contributed by atoms with Gasteiger partial charge in [0.1, 0.15) is 5.82 Å². The second kappa shape index (κ2) is 4.92. The van der Waals surface area contributed by atoms with E-state index in [-0.39, 0.29) is 0 Å². The van der Waals surface area contributed by atoms with Crippen LogP contribution in [0.4, 0.5) is 5.69 Å². The van der Waals surface area contributed by atoms with Gasteiger partial charge in [-0.1, -0.05) is 11.6 Å². The number of halogens is 1. The summed E-state index contributed by atoms with van der Waals surface area (Å²) in [5.41, 5.74) is 7.60. The highest BCUT2D eigenvalue weighted by atomic mass is 35.5. The normalized spacial score (nSPS) is 18.2. The van der Waals surface area contributed by atoms with Gasteiger partial charge in [0.25, 0.3) is 0 Å². The van der Waals surface area contributed by atoms with Crippen molar-refractivity contribution < 1.29 is 0 Å². The zero-order valence-electron chi connectivity index (χ0n) is 11.8. The Bertz CT molecular complexity index is 704. The number of nitrogens with zero attached hydrogens (tertiary/aromatic N) is 3. The van der Waals surface area contributed by atoms with Gasteiger partial charge in [-0.15, -0.1) is 10.2 Å². The molecule has 0 amide bonds. The fourth-order valence-electron chi connectivity index (χ4n) is 2.55. The first-order valence-electron chi connectivity index (χ1n) is 7.31. The molecule has 2 aromatic rings. The van der Waals surface area contributed by atoms with Crippen LogP contribution in [0.25, 0.3) is 0 Å². The van der Waals surface area contributed by atoms with Crippen LogP contribution in [0.15, 0.2) is 22.2 Å². The molecule has 1 aromatic heterocycles. The van der Waals surface area contributed by atoms with Crippen LogP contribution in [-0.4, -0.2) is 14.8 Å². The molecule has 110 valence electrons. The van der Waals surface area contributed by atoms with Crippen molar-refractivity contribution in [3.8, 4) is 0 Å². The summed E-state index contributed by atoms with van der Waals surface area (Å²) in [7, 11) is 0. The van der Waals surface area contributed by atoms with E-state index in [2.05, 4.69) is 21.7 Å². The van der Waals surface area contributed by atoms with Crippen molar-refractivity contribution in [1.82, 2.24) is 14.8 Å². The summed E-state index contributed by atoms with van der Waals surface area (Å²) in [5.74, 6) is 1.81. The number of aryl methyl sites for hydroxylation is 1. The zero-order valence-corrected chi connectivity index (χ0v) is 13.4. The predicted octanol–water partition coefficient (Wildman–Crippen LogP) is 4.19. The standard InChI is InChI=1S/C15H17ClN4S/c1-8-6-12(17)11(16)7-13(8)21-15-19-18-14(9-2-3-9)20(15)10-4-5-10/h6-7,9-10H,2-5,17H2,1H3. The molecule has 2 aliphatic rings. The first-order valence-corrected chi connectivity index (χ1v) is 8.51. The lowest BCUT2D eigenvalue weighted by molar-refractivity contribution is 0.627. The van der Waals surface area contributed by atoms with E-state index < -0.39 is 0 Å². The van der Waals surface area contributed by atoms with Crippen LogP contribution < -0.4 is 5.73 Å². The number of nitrogen functional groups attached to an aromatic ring is 1. The van der Waals surface area contributed by atoms with Crippen LogP contribution in [-0.2, 0) is 0 Å². The fraction of sp³-hybridized carbons (Fsp3) is 0.467. The Kier molecular flexibility index (Phi) is 3.15. The first-order chi connectivity index (χ1) is 10.1. The van der Waals surface area contributed by atoms with Gasteiger partial charge in [-0.3, -0.25) is 0 Å². The maximum Gasteiger partial charge on any atom is 0.196 e. The fourth-order valence-corrected chi connectivity index (χ4v) is 3.79. The molecule has 2 aliphatic carbocycles. The summed E-state index contributed by atoms with van der Waals surface area (Å²) < 4.78 is 2.35. The molecule has 2 saturated carbocycles. The largest absolute Gasteiger partial charge is 0.398 e. The Morgan fingerprint density at radius 2 is 2.00 bits per heavy atom. The Hall–Kier alpha value is -1.20. The predicted molar refractivity (Wildman–Crippen MR) is 85.0 cm³/mol. The average Bonchev–Trinajstić information content (AvgIpc) is 3.35. The maximum absolute atomic E-state index is 6.15. The van der Waals surface area contributed by atoms with Crippen molar-refractivity contribution in [3.63, 3.8) is 0 Å². The minimum absolute atomic E-state index is 0.600. The van der Waals surface area contributed by atoms with Gasteiger partial charge < -0.3 is 10.3 Å². The molecule has 4 nitrogen and oxygen atoms in total. The molecule has 2 N–H and O–H groups in total. The van der Waals surface area contributed by atoms with Crippen molar-refractivity contribution in [2.24, 2.45) is 0 Å². The van der Waals surface area contributed by atoms with Crippen LogP contribution in [0.1, 0.15) is 49.0 Å². The average molecular weight is 321 g/mol. The van der Waals surface area contributed by atoms with Gasteiger partial charge in [0, 0.05) is 16.9 Å². The van der Waals surface area contributed by atoms with Gasteiger partial charge in [-0.05, 0) is 62.1 Å². The lowest BCUT2D eigenvalue weighted by atomic mass is 10.2. The van der Waals surface area contributed by atoms with Crippen LogP contribution >= 0.6 is 23.4 Å². The van der Waals surface area contributed by atoms with Crippen LogP contribution in [0.3, 0.4) is 0 Å². The van der Waals surface area contributed by atoms with Crippen LogP contribution in [0, 0.1) is 6.92 Å². The highest BCUT2D eigenvalue weighted by Crippen LogP contribution is 2.47. The van der Waals surface area contributed by atoms with Crippen molar-refractivity contribution in [2.45, 2.75) is 54.6 Å². The van der Waals surface area contributed by atoms with Crippen molar-refractivity contribution >= 4 is 29.1 Å². The number of nitrogens with two attached hydrogens (primary N) is 1. The van der Waals surface area contributed by atoms with Gasteiger partial charge >= 0.3 is 0 Å². The van der Waals surface area contributed by atoms with Crippen molar-refractivity contribution in [1.29, 1.82) is 0 Å². The maximum atomic E-state index is 6.15. The Labute approximate surface area is 133 Å². The molecule has 21 heavy (non-hydrogen) atoms. The van der Waals surface area contributed by atoms with Gasteiger partial charge in [0.05, 0.1) is 10.7 Å². The minimum atomic E-state index is 0.600. The number of aromatic nitrogens is 3. The summed E-state index contributed by atoms with van der Waals surface area (Å²) in [5, 5.41) is 10.5. The van der Waals surface area contributed by atoms with E-state index in [9.17, 15) is 0 Å². The summed E-state index contributed by atoms with van der Waals surface area (Å²) >= 11 is 7.80. The molecule has 0 spiro atoms. The zero-order chi connectivity index (χ0) is 14.6. The molecule has 0 saturated heterocycles. The lowest BCUT2D eigenvalue weighted by Crippen LogP contribution is -2.02. The van der Waals surface area contributed by atoms with Crippen molar-refractivity contribution in [3.05, 3.63) is 28.5 Å². The van der Waals surface area contributed by atoms with E-state index in [1.165, 1.54) is 31.5 Å². The van der Waals surface area contributed by atoms with Gasteiger partial charge in [-0.2, -0.15) is 0 Å². The minimum Gasteiger partial charge on any atom is -0.398 e. The molecule has 0 atom stereocenters. The summed E-state index contributed by atoms with van der Waals surface area (Å²) in [6.45, 7) is 2.05. The molecule has 1 aromatic carbocycles. The van der Waals surface area contributed by atoms with E-state index in [4.69, 9.17) is 17.3 Å². The molecule has 2 fully saturated rings. The number of rotatable bonds is 4. The molecule has 0 aliphatic heterocycles. The van der Waals surface area contributed by atoms with E-state index in [1.54, 1.807) is 11.8 Å². The third kappa shape index (κ3) is 2.53. The SMILES string of the molecule is Cc1cc(N)c(Cl)cc1Sc1nnc(C2CC2)n1C1CC1. The molecule has 0 radical (unpaired) electrons. The monoisotopic (exact) mass is 320 g/mol. The molecule has 4 rings (SSSR count). The number of hydrogen-bond acceptors (Lipinski definition) is 4. The van der Waals surface area contributed by atoms with Crippen LogP contribution in [0.5, 0.6) is 0 Å². The molecule has 0 bridgehead atoms. The first kappa shape index (κ1) is 13.5. The third-order valence-electron chi connectivity index (χ3n) is 4.04. The second-order valence-electron chi connectivity index (χ2n) is 5.96. The second-order valence-corrected chi connectivity index (χ2v) is 7.37. The van der Waals surface area contributed by atoms with Crippen LogP contribution in [0.2, 0.25) is 5.02 Å². The van der Waals surface area contributed by atoms with E-state index in [1.807, 2.05) is 12.1 Å². The molecular formula is C15H17ClN4S. The quantitative estimate of drug-likeness (QED) is 0.858. The van der Waals surface area contributed by atoms with E-state index in [0.29, 0.717) is 22.7 Å².